The van der Waals surface area contributed by atoms with E-state index in [1.807, 2.05) is 0 Å². The van der Waals surface area contributed by atoms with Crippen LogP contribution >= 0.6 is 24.0 Å². The Morgan fingerprint density at radius 1 is 1.50 bits per heavy atom. The van der Waals surface area contributed by atoms with Crippen LogP contribution in [0.15, 0.2) is 29.2 Å². The molecule has 104 valence electrons. The molecular formula is C13H11NO4S2. The van der Waals surface area contributed by atoms with Gasteiger partial charge in [0.05, 0.1) is 4.91 Å². The molecule has 1 aliphatic heterocycles. The molecule has 2 rings (SSSR count). The van der Waals surface area contributed by atoms with Gasteiger partial charge in [0.25, 0.3) is 5.91 Å². The summed E-state index contributed by atoms with van der Waals surface area (Å²) in [7, 11) is 1.62. The maximum atomic E-state index is 11.9. The quantitative estimate of drug-likeness (QED) is 0.677. The Hall–Kier alpha value is -1.86. The minimum absolute atomic E-state index is 0.173. The number of ether oxygens (including phenoxy) is 1. The largest absolute Gasteiger partial charge is 0.481 e. The van der Waals surface area contributed by atoms with Crippen LogP contribution in [0.3, 0.4) is 0 Å². The monoisotopic (exact) mass is 309 g/mol. The standard InChI is InChI=1S/C13H11NO4S2/c1-14-12(17)10(20-13(14)19)6-8-4-2-3-5-9(8)18-7-11(15)16/h2-6H,7H2,1H3,(H,15,16). The van der Waals surface area contributed by atoms with Crippen LogP contribution in [0.2, 0.25) is 0 Å². The van der Waals surface area contributed by atoms with Crippen LogP contribution in [-0.4, -0.2) is 39.9 Å². The molecule has 1 amide bonds. The number of hydrogen-bond acceptors (Lipinski definition) is 5. The normalized spacial score (nSPS) is 16.9. The van der Waals surface area contributed by atoms with Crippen LogP contribution in [0.5, 0.6) is 5.75 Å². The number of aliphatic carboxylic acids is 1. The number of carbonyl (C=O) groups excluding carboxylic acids is 1. The lowest BCUT2D eigenvalue weighted by atomic mass is 10.2. The Balaban J connectivity index is 2.27. The fraction of sp³-hybridized carbons (Fsp3) is 0.154. The first-order chi connectivity index (χ1) is 9.49. The molecular weight excluding hydrogens is 298 g/mol. The van der Waals surface area contributed by atoms with Crippen molar-refractivity contribution in [2.45, 2.75) is 0 Å². The van der Waals surface area contributed by atoms with Gasteiger partial charge in [-0.1, -0.05) is 42.2 Å². The summed E-state index contributed by atoms with van der Waals surface area (Å²) in [6.45, 7) is -0.431. The van der Waals surface area contributed by atoms with E-state index in [4.69, 9.17) is 22.1 Å². The number of rotatable bonds is 4. The zero-order valence-corrected chi connectivity index (χ0v) is 12.2. The zero-order valence-electron chi connectivity index (χ0n) is 10.5. The maximum absolute atomic E-state index is 11.9. The van der Waals surface area contributed by atoms with Crippen molar-refractivity contribution in [3.8, 4) is 5.75 Å². The van der Waals surface area contributed by atoms with Crippen molar-refractivity contribution < 1.29 is 19.4 Å². The van der Waals surface area contributed by atoms with E-state index in [-0.39, 0.29) is 5.91 Å². The van der Waals surface area contributed by atoms with Crippen LogP contribution in [0.4, 0.5) is 0 Å². The van der Waals surface area contributed by atoms with Crippen LogP contribution in [0, 0.1) is 0 Å². The summed E-state index contributed by atoms with van der Waals surface area (Å²) in [5, 5.41) is 8.64. The maximum Gasteiger partial charge on any atom is 0.341 e. The molecule has 0 bridgehead atoms. The Labute approximate surface area is 125 Å². The number of thioether (sulfide) groups is 1. The number of carbonyl (C=O) groups is 2. The van der Waals surface area contributed by atoms with Gasteiger partial charge in [0.15, 0.2) is 6.61 Å². The zero-order chi connectivity index (χ0) is 14.7. The van der Waals surface area contributed by atoms with Crippen molar-refractivity contribution >= 4 is 46.3 Å². The molecule has 5 nitrogen and oxygen atoms in total. The van der Waals surface area contributed by atoms with E-state index in [1.165, 1.54) is 16.7 Å². The molecule has 0 aliphatic carbocycles. The Morgan fingerprint density at radius 3 is 2.80 bits per heavy atom. The molecule has 0 spiro atoms. The number of benzene rings is 1. The van der Waals surface area contributed by atoms with Crippen LogP contribution < -0.4 is 4.74 Å². The summed E-state index contributed by atoms with van der Waals surface area (Å²) in [5.74, 6) is -0.816. The summed E-state index contributed by atoms with van der Waals surface area (Å²) >= 11 is 6.26. The lowest BCUT2D eigenvalue weighted by molar-refractivity contribution is -0.139. The van der Waals surface area contributed by atoms with Gasteiger partial charge in [0, 0.05) is 12.6 Å². The molecule has 0 radical (unpaired) electrons. The molecule has 0 aromatic heterocycles. The van der Waals surface area contributed by atoms with Crippen molar-refractivity contribution in [3.63, 3.8) is 0 Å². The SMILES string of the molecule is CN1C(=O)C(=Cc2ccccc2OCC(=O)O)SC1=S. The van der Waals surface area contributed by atoms with Gasteiger partial charge >= 0.3 is 5.97 Å². The van der Waals surface area contributed by atoms with Gasteiger partial charge in [0.2, 0.25) is 0 Å². The molecule has 0 unspecified atom stereocenters. The number of hydrogen-bond donors (Lipinski definition) is 1. The number of carboxylic acid groups (broad SMARTS) is 1. The minimum Gasteiger partial charge on any atom is -0.481 e. The molecule has 1 N–H and O–H groups in total. The Bertz CT molecular complexity index is 612. The number of likely N-dealkylation sites (N-methyl/N-ethyl adjacent to an activating group) is 1. The van der Waals surface area contributed by atoms with Gasteiger partial charge < -0.3 is 9.84 Å². The van der Waals surface area contributed by atoms with Gasteiger partial charge in [-0.3, -0.25) is 9.69 Å². The van der Waals surface area contributed by atoms with E-state index in [1.54, 1.807) is 37.4 Å². The first-order valence-electron chi connectivity index (χ1n) is 5.64. The molecule has 1 saturated heterocycles. The van der Waals surface area contributed by atoms with Gasteiger partial charge in [-0.25, -0.2) is 4.79 Å². The van der Waals surface area contributed by atoms with Crippen LogP contribution in [0.25, 0.3) is 6.08 Å². The molecule has 1 heterocycles. The third-order valence-electron chi connectivity index (χ3n) is 2.54. The van der Waals surface area contributed by atoms with Gasteiger partial charge in [-0.2, -0.15) is 0 Å². The number of thiocarbonyl (C=S) groups is 1. The summed E-state index contributed by atoms with van der Waals surface area (Å²) in [6.07, 6.45) is 1.65. The fourth-order valence-electron chi connectivity index (χ4n) is 1.56. The number of para-hydroxylation sites is 1. The summed E-state index contributed by atoms with van der Waals surface area (Å²) in [5.41, 5.74) is 0.641. The average Bonchev–Trinajstić information content (AvgIpc) is 2.65. The smallest absolute Gasteiger partial charge is 0.341 e. The van der Waals surface area contributed by atoms with Crippen LogP contribution in [0.1, 0.15) is 5.56 Å². The highest BCUT2D eigenvalue weighted by Gasteiger charge is 2.28. The molecule has 0 atom stereocenters. The number of amides is 1. The topological polar surface area (TPSA) is 66.8 Å². The predicted octanol–water partition coefficient (Wildman–Crippen LogP) is 1.98. The first-order valence-corrected chi connectivity index (χ1v) is 6.86. The molecule has 7 heteroatoms. The van der Waals surface area contributed by atoms with E-state index in [0.717, 1.165) is 0 Å². The van der Waals surface area contributed by atoms with Gasteiger partial charge in [-0.15, -0.1) is 0 Å². The van der Waals surface area contributed by atoms with Crippen LogP contribution in [-0.2, 0) is 9.59 Å². The minimum atomic E-state index is -1.06. The predicted molar refractivity (Wildman–Crippen MR) is 80.5 cm³/mol. The van der Waals surface area contributed by atoms with E-state index < -0.39 is 12.6 Å². The second-order valence-electron chi connectivity index (χ2n) is 3.96. The van der Waals surface area contributed by atoms with E-state index in [2.05, 4.69) is 0 Å². The molecule has 1 aromatic rings. The number of carboxylic acids is 1. The molecule has 1 fully saturated rings. The Kier molecular flexibility index (Phi) is 4.41. The third kappa shape index (κ3) is 3.17. The van der Waals surface area contributed by atoms with Crippen molar-refractivity contribution in [1.82, 2.24) is 4.90 Å². The highest BCUT2D eigenvalue weighted by molar-refractivity contribution is 8.26. The van der Waals surface area contributed by atoms with E-state index >= 15 is 0 Å². The van der Waals surface area contributed by atoms with Crippen molar-refractivity contribution in [1.29, 1.82) is 0 Å². The van der Waals surface area contributed by atoms with Gasteiger partial charge in [-0.05, 0) is 12.1 Å². The fourth-order valence-corrected chi connectivity index (χ4v) is 2.73. The van der Waals surface area contributed by atoms with E-state index in [0.29, 0.717) is 20.5 Å². The number of nitrogens with zero attached hydrogens (tertiary/aromatic N) is 1. The molecule has 0 saturated carbocycles. The van der Waals surface area contributed by atoms with Crippen molar-refractivity contribution in [2.75, 3.05) is 13.7 Å². The first kappa shape index (κ1) is 14.5. The summed E-state index contributed by atoms with van der Waals surface area (Å²) in [4.78, 5) is 24.3. The highest BCUT2D eigenvalue weighted by atomic mass is 32.2. The van der Waals surface area contributed by atoms with Crippen molar-refractivity contribution in [2.24, 2.45) is 0 Å². The molecule has 1 aliphatic rings. The highest BCUT2D eigenvalue weighted by Crippen LogP contribution is 2.33. The van der Waals surface area contributed by atoms with Gasteiger partial charge in [0.1, 0.15) is 10.1 Å². The third-order valence-corrected chi connectivity index (χ3v) is 4.03. The van der Waals surface area contributed by atoms with Crippen molar-refractivity contribution in [3.05, 3.63) is 34.7 Å². The summed E-state index contributed by atoms with van der Waals surface area (Å²) in [6, 6.07) is 6.92. The van der Waals surface area contributed by atoms with E-state index in [9.17, 15) is 9.59 Å². The Morgan fingerprint density at radius 2 is 2.20 bits per heavy atom. The molecule has 1 aromatic carbocycles. The lowest BCUT2D eigenvalue weighted by Gasteiger charge is -2.07. The second-order valence-corrected chi connectivity index (χ2v) is 5.64. The second kappa shape index (κ2) is 6.06. The lowest BCUT2D eigenvalue weighted by Crippen LogP contribution is -2.22. The average molecular weight is 309 g/mol. The molecule has 20 heavy (non-hydrogen) atoms. The summed E-state index contributed by atoms with van der Waals surface area (Å²) < 4.78 is 5.68.